The molecule has 1 fully saturated rings. The molecule has 8 nitrogen and oxygen atoms in total. The van der Waals surface area contributed by atoms with Gasteiger partial charge in [-0.05, 0) is 31.0 Å². The molecule has 1 aliphatic carbocycles. The first-order chi connectivity index (χ1) is 13.7. The van der Waals surface area contributed by atoms with Crippen molar-refractivity contribution in [3.63, 3.8) is 0 Å². The van der Waals surface area contributed by atoms with Gasteiger partial charge in [0, 0.05) is 30.0 Å². The average Bonchev–Trinajstić information content (AvgIpc) is 3.24. The largest absolute Gasteiger partial charge is 0.496 e. The molecule has 2 heterocycles. The summed E-state index contributed by atoms with van der Waals surface area (Å²) in [5.74, 6) is 2.61. The van der Waals surface area contributed by atoms with E-state index >= 15 is 0 Å². The molecule has 2 atom stereocenters. The van der Waals surface area contributed by atoms with Gasteiger partial charge in [0.2, 0.25) is 5.95 Å². The zero-order valence-electron chi connectivity index (χ0n) is 15.8. The number of nitrogens with one attached hydrogen (secondary N) is 2. The van der Waals surface area contributed by atoms with Crippen molar-refractivity contribution in [3.05, 3.63) is 43.1 Å². The second-order valence-electron chi connectivity index (χ2n) is 6.87. The molecule has 0 amide bonds. The molecular formula is C20H24N6O2. The maximum atomic E-state index is 6.22. The van der Waals surface area contributed by atoms with Crippen molar-refractivity contribution in [1.29, 1.82) is 0 Å². The minimum Gasteiger partial charge on any atom is -0.496 e. The van der Waals surface area contributed by atoms with Gasteiger partial charge in [0.1, 0.15) is 11.6 Å². The van der Waals surface area contributed by atoms with E-state index in [2.05, 4.69) is 25.6 Å². The molecule has 8 heteroatoms. The van der Waals surface area contributed by atoms with Crippen LogP contribution in [0.15, 0.2) is 47.5 Å². The van der Waals surface area contributed by atoms with Crippen LogP contribution in [0.25, 0.3) is 11.3 Å². The van der Waals surface area contributed by atoms with Crippen molar-refractivity contribution in [2.75, 3.05) is 17.7 Å². The maximum Gasteiger partial charge on any atom is 0.224 e. The van der Waals surface area contributed by atoms with Crippen LogP contribution in [0.3, 0.4) is 0 Å². The number of anilines is 3. The van der Waals surface area contributed by atoms with E-state index in [1.165, 1.54) is 19.2 Å². The summed E-state index contributed by atoms with van der Waals surface area (Å²) in [7, 11) is 1.62. The molecule has 3 aromatic rings. The number of aromatic nitrogens is 3. The molecule has 0 unspecified atom stereocenters. The second kappa shape index (κ2) is 8.26. The highest BCUT2D eigenvalue weighted by Gasteiger charge is 2.22. The molecule has 2 aromatic heterocycles. The first-order valence-corrected chi connectivity index (χ1v) is 9.42. The predicted molar refractivity (Wildman–Crippen MR) is 108 cm³/mol. The summed E-state index contributed by atoms with van der Waals surface area (Å²) < 4.78 is 10.9. The number of nitrogens with zero attached hydrogens (tertiary/aromatic N) is 3. The van der Waals surface area contributed by atoms with Gasteiger partial charge in [-0.25, -0.2) is 9.97 Å². The molecule has 1 aliphatic rings. The Labute approximate surface area is 163 Å². The first-order valence-electron chi connectivity index (χ1n) is 9.42. The van der Waals surface area contributed by atoms with Crippen LogP contribution in [0.1, 0.15) is 25.7 Å². The summed E-state index contributed by atoms with van der Waals surface area (Å²) in [5.41, 5.74) is 7.90. The van der Waals surface area contributed by atoms with Crippen molar-refractivity contribution in [2.24, 2.45) is 5.73 Å². The summed E-state index contributed by atoms with van der Waals surface area (Å²) in [5, 5.41) is 6.67. The summed E-state index contributed by atoms with van der Waals surface area (Å²) in [6.07, 6.45) is 9.23. The summed E-state index contributed by atoms with van der Waals surface area (Å²) in [6, 6.07) is 7.93. The fourth-order valence-electron chi connectivity index (χ4n) is 3.47. The lowest BCUT2D eigenvalue weighted by atomic mass is 9.91. The highest BCUT2D eigenvalue weighted by atomic mass is 16.5. The lowest BCUT2D eigenvalue weighted by Crippen LogP contribution is -2.42. The van der Waals surface area contributed by atoms with E-state index in [4.69, 9.17) is 14.9 Å². The standard InChI is InChI=1S/C20H24N6O2/c1-27-17-10-13(6-7-14(17)18-11-22-12-28-18)24-19-8-9-23-20(26-19)25-16-5-3-2-4-15(16)21/h6-12,15-16H,2-5,21H2,1H3,(H2,23,24,25,26)/t15-,16+/m0/s1. The monoisotopic (exact) mass is 380 g/mol. The molecule has 4 N–H and O–H groups in total. The van der Waals surface area contributed by atoms with Crippen LogP contribution in [0.2, 0.25) is 0 Å². The van der Waals surface area contributed by atoms with Gasteiger partial charge in [-0.15, -0.1) is 0 Å². The molecule has 4 rings (SSSR count). The van der Waals surface area contributed by atoms with Crippen LogP contribution in [0.4, 0.5) is 17.5 Å². The number of hydrogen-bond acceptors (Lipinski definition) is 8. The summed E-state index contributed by atoms with van der Waals surface area (Å²) >= 11 is 0. The number of rotatable bonds is 6. The van der Waals surface area contributed by atoms with E-state index in [9.17, 15) is 0 Å². The molecule has 1 saturated carbocycles. The van der Waals surface area contributed by atoms with Crippen molar-refractivity contribution >= 4 is 17.5 Å². The number of oxazole rings is 1. The zero-order chi connectivity index (χ0) is 19.3. The Morgan fingerprint density at radius 3 is 2.89 bits per heavy atom. The van der Waals surface area contributed by atoms with Crippen LogP contribution in [0, 0.1) is 0 Å². The molecule has 0 radical (unpaired) electrons. The maximum absolute atomic E-state index is 6.22. The fourth-order valence-corrected chi connectivity index (χ4v) is 3.47. The Morgan fingerprint density at radius 2 is 2.11 bits per heavy atom. The number of methoxy groups -OCH3 is 1. The number of hydrogen-bond donors (Lipinski definition) is 3. The number of benzene rings is 1. The van der Waals surface area contributed by atoms with E-state index in [0.717, 1.165) is 24.1 Å². The quantitative estimate of drug-likeness (QED) is 0.595. The van der Waals surface area contributed by atoms with Crippen LogP contribution in [-0.2, 0) is 0 Å². The van der Waals surface area contributed by atoms with E-state index in [-0.39, 0.29) is 12.1 Å². The minimum atomic E-state index is 0.141. The summed E-state index contributed by atoms with van der Waals surface area (Å²) in [4.78, 5) is 12.9. The third-order valence-electron chi connectivity index (χ3n) is 4.96. The van der Waals surface area contributed by atoms with Crippen LogP contribution < -0.4 is 21.1 Å². The lowest BCUT2D eigenvalue weighted by Gasteiger charge is -2.29. The van der Waals surface area contributed by atoms with Crippen LogP contribution in [-0.4, -0.2) is 34.1 Å². The van der Waals surface area contributed by atoms with Gasteiger partial charge in [0.15, 0.2) is 12.2 Å². The van der Waals surface area contributed by atoms with Gasteiger partial charge in [0.05, 0.1) is 18.9 Å². The zero-order valence-corrected chi connectivity index (χ0v) is 15.8. The average molecular weight is 380 g/mol. The van der Waals surface area contributed by atoms with Gasteiger partial charge in [-0.2, -0.15) is 4.98 Å². The smallest absolute Gasteiger partial charge is 0.224 e. The Bertz CT molecular complexity index is 915. The summed E-state index contributed by atoms with van der Waals surface area (Å²) in [6.45, 7) is 0. The van der Waals surface area contributed by atoms with Gasteiger partial charge in [0.25, 0.3) is 0 Å². The van der Waals surface area contributed by atoms with Crippen LogP contribution >= 0.6 is 0 Å². The van der Waals surface area contributed by atoms with E-state index in [1.807, 2.05) is 24.3 Å². The lowest BCUT2D eigenvalue weighted by molar-refractivity contribution is 0.402. The molecule has 0 aliphatic heterocycles. The van der Waals surface area contributed by atoms with Crippen LogP contribution in [0.5, 0.6) is 5.75 Å². The molecule has 146 valence electrons. The van der Waals surface area contributed by atoms with Gasteiger partial charge in [-0.1, -0.05) is 12.8 Å². The van der Waals surface area contributed by atoms with E-state index < -0.39 is 0 Å². The fraction of sp³-hybridized carbons (Fsp3) is 0.350. The predicted octanol–water partition coefficient (Wildman–Crippen LogP) is 3.57. The van der Waals surface area contributed by atoms with Crippen molar-refractivity contribution in [1.82, 2.24) is 15.0 Å². The second-order valence-corrected chi connectivity index (χ2v) is 6.87. The molecule has 0 spiro atoms. The minimum absolute atomic E-state index is 0.141. The van der Waals surface area contributed by atoms with Crippen molar-refractivity contribution < 1.29 is 9.15 Å². The molecule has 0 saturated heterocycles. The van der Waals surface area contributed by atoms with Gasteiger partial charge < -0.3 is 25.5 Å². The first kappa shape index (κ1) is 18.2. The van der Waals surface area contributed by atoms with Crippen molar-refractivity contribution in [3.8, 4) is 17.1 Å². The molecule has 28 heavy (non-hydrogen) atoms. The Kier molecular flexibility index (Phi) is 5.38. The molecule has 1 aromatic carbocycles. The van der Waals surface area contributed by atoms with Gasteiger partial charge >= 0.3 is 0 Å². The Hall–Kier alpha value is -3.13. The SMILES string of the molecule is COc1cc(Nc2ccnc(N[C@@H]3CCCC[C@@H]3N)n2)ccc1-c1cnco1. The van der Waals surface area contributed by atoms with Crippen molar-refractivity contribution in [2.45, 2.75) is 37.8 Å². The van der Waals surface area contributed by atoms with E-state index in [0.29, 0.717) is 23.3 Å². The highest BCUT2D eigenvalue weighted by molar-refractivity contribution is 5.71. The normalized spacial score (nSPS) is 19.2. The number of ether oxygens (including phenoxy) is 1. The Morgan fingerprint density at radius 1 is 1.21 bits per heavy atom. The number of nitrogens with two attached hydrogens (primary N) is 1. The van der Waals surface area contributed by atoms with Gasteiger partial charge in [-0.3, -0.25) is 0 Å². The third kappa shape index (κ3) is 4.07. The third-order valence-corrected chi connectivity index (χ3v) is 4.96. The molecule has 0 bridgehead atoms. The van der Waals surface area contributed by atoms with E-state index in [1.54, 1.807) is 19.5 Å². The molecular weight excluding hydrogens is 356 g/mol. The topological polar surface area (TPSA) is 111 Å². The Balaban J connectivity index is 1.50. The highest BCUT2D eigenvalue weighted by Crippen LogP contribution is 2.33.